The molecule has 0 saturated heterocycles. The van der Waals surface area contributed by atoms with Gasteiger partial charge in [-0.2, -0.15) is 0 Å². The quantitative estimate of drug-likeness (QED) is 0.918. The van der Waals surface area contributed by atoms with Gasteiger partial charge in [-0.3, -0.25) is 4.90 Å². The summed E-state index contributed by atoms with van der Waals surface area (Å²) < 4.78 is 5.20. The van der Waals surface area contributed by atoms with Crippen LogP contribution in [0.25, 0.3) is 0 Å². The molecule has 1 aromatic rings. The molecular weight excluding hydrogens is 250 g/mol. The Labute approximate surface area is 121 Å². The minimum absolute atomic E-state index is 0.269. The molecule has 0 bridgehead atoms. The van der Waals surface area contributed by atoms with Crippen molar-refractivity contribution in [3.05, 3.63) is 23.3 Å². The average molecular weight is 275 g/mol. The van der Waals surface area contributed by atoms with E-state index in [1.807, 2.05) is 12.1 Å². The summed E-state index contributed by atoms with van der Waals surface area (Å²) in [4.78, 5) is 2.56. The van der Waals surface area contributed by atoms with Crippen LogP contribution in [0.5, 0.6) is 11.5 Å². The van der Waals surface area contributed by atoms with Crippen molar-refractivity contribution in [2.24, 2.45) is 5.92 Å². The maximum Gasteiger partial charge on any atom is 0.160 e. The van der Waals surface area contributed by atoms with Gasteiger partial charge in [0.05, 0.1) is 7.11 Å². The molecule has 1 fully saturated rings. The van der Waals surface area contributed by atoms with Crippen molar-refractivity contribution in [1.29, 1.82) is 0 Å². The van der Waals surface area contributed by atoms with E-state index in [2.05, 4.69) is 4.90 Å². The van der Waals surface area contributed by atoms with Gasteiger partial charge in [-0.1, -0.05) is 19.3 Å². The highest BCUT2D eigenvalue weighted by Crippen LogP contribution is 2.33. The van der Waals surface area contributed by atoms with Gasteiger partial charge in [0.2, 0.25) is 0 Å². The lowest BCUT2D eigenvalue weighted by atomic mass is 9.88. The first-order valence-corrected chi connectivity index (χ1v) is 7.87. The van der Waals surface area contributed by atoms with E-state index in [4.69, 9.17) is 4.74 Å². The molecule has 1 saturated carbocycles. The monoisotopic (exact) mass is 275 g/mol. The first-order valence-electron chi connectivity index (χ1n) is 7.87. The maximum absolute atomic E-state index is 9.93. The number of methoxy groups -OCH3 is 1. The standard InChI is InChI=1S/C17H25NO2/c1-20-17-10-14-7-8-18(12-15(14)9-16(17)19)11-13-5-3-2-4-6-13/h9-10,13,19H,2-8,11-12H2,1H3. The van der Waals surface area contributed by atoms with Crippen molar-refractivity contribution in [3.63, 3.8) is 0 Å². The summed E-state index contributed by atoms with van der Waals surface area (Å²) in [5.41, 5.74) is 2.60. The van der Waals surface area contributed by atoms with Crippen LogP contribution in [0.4, 0.5) is 0 Å². The van der Waals surface area contributed by atoms with E-state index in [0.717, 1.165) is 25.4 Å². The minimum atomic E-state index is 0.269. The van der Waals surface area contributed by atoms with Crippen molar-refractivity contribution < 1.29 is 9.84 Å². The van der Waals surface area contributed by atoms with Crippen LogP contribution in [0, 0.1) is 5.92 Å². The smallest absolute Gasteiger partial charge is 0.160 e. The molecule has 110 valence electrons. The number of phenolic OH excluding ortho intramolecular Hbond substituents is 1. The second-order valence-electron chi connectivity index (χ2n) is 6.28. The Morgan fingerprint density at radius 2 is 2.00 bits per heavy atom. The number of fused-ring (bicyclic) bond motifs is 1. The second-order valence-corrected chi connectivity index (χ2v) is 6.28. The number of hydrogen-bond acceptors (Lipinski definition) is 3. The third-order valence-corrected chi connectivity index (χ3v) is 4.83. The molecule has 1 aliphatic heterocycles. The van der Waals surface area contributed by atoms with Crippen LogP contribution in [-0.2, 0) is 13.0 Å². The highest BCUT2D eigenvalue weighted by molar-refractivity contribution is 5.47. The Hall–Kier alpha value is -1.22. The summed E-state index contributed by atoms with van der Waals surface area (Å²) in [6.45, 7) is 3.34. The third-order valence-electron chi connectivity index (χ3n) is 4.83. The zero-order valence-electron chi connectivity index (χ0n) is 12.4. The number of nitrogens with zero attached hydrogens (tertiary/aromatic N) is 1. The van der Waals surface area contributed by atoms with E-state index in [1.54, 1.807) is 7.11 Å². The Kier molecular flexibility index (Phi) is 4.16. The molecule has 1 aliphatic carbocycles. The topological polar surface area (TPSA) is 32.7 Å². The Morgan fingerprint density at radius 3 is 2.75 bits per heavy atom. The molecule has 0 spiro atoms. The van der Waals surface area contributed by atoms with Crippen LogP contribution < -0.4 is 4.74 Å². The van der Waals surface area contributed by atoms with Crippen molar-refractivity contribution in [1.82, 2.24) is 4.90 Å². The molecule has 0 radical (unpaired) electrons. The van der Waals surface area contributed by atoms with Gasteiger partial charge in [-0.15, -0.1) is 0 Å². The zero-order chi connectivity index (χ0) is 13.9. The van der Waals surface area contributed by atoms with E-state index in [-0.39, 0.29) is 5.75 Å². The lowest BCUT2D eigenvalue weighted by Crippen LogP contribution is -2.35. The van der Waals surface area contributed by atoms with Gasteiger partial charge in [0, 0.05) is 19.6 Å². The predicted molar refractivity (Wildman–Crippen MR) is 80.2 cm³/mol. The number of aromatic hydroxyl groups is 1. The lowest BCUT2D eigenvalue weighted by molar-refractivity contribution is 0.186. The Balaban J connectivity index is 1.67. The number of rotatable bonds is 3. The fourth-order valence-electron chi connectivity index (χ4n) is 3.69. The van der Waals surface area contributed by atoms with Crippen molar-refractivity contribution in [2.45, 2.75) is 45.1 Å². The van der Waals surface area contributed by atoms with E-state index >= 15 is 0 Å². The number of ether oxygens (including phenoxy) is 1. The molecular formula is C17H25NO2. The van der Waals surface area contributed by atoms with Crippen LogP contribution in [0.1, 0.15) is 43.2 Å². The molecule has 1 heterocycles. The van der Waals surface area contributed by atoms with Gasteiger partial charge in [-0.05, 0) is 48.4 Å². The molecule has 2 aliphatic rings. The van der Waals surface area contributed by atoms with Gasteiger partial charge in [0.1, 0.15) is 0 Å². The first-order chi connectivity index (χ1) is 9.76. The predicted octanol–water partition coefficient (Wildman–Crippen LogP) is 3.34. The fourth-order valence-corrected chi connectivity index (χ4v) is 3.69. The number of benzene rings is 1. The van der Waals surface area contributed by atoms with Gasteiger partial charge in [0.25, 0.3) is 0 Å². The Bertz CT molecular complexity index is 466. The second kappa shape index (κ2) is 6.04. The number of phenols is 1. The molecule has 0 atom stereocenters. The van der Waals surface area contributed by atoms with Crippen LogP contribution in [0.2, 0.25) is 0 Å². The average Bonchev–Trinajstić information content (AvgIpc) is 2.47. The van der Waals surface area contributed by atoms with E-state index in [9.17, 15) is 5.11 Å². The van der Waals surface area contributed by atoms with Crippen LogP contribution in [0.15, 0.2) is 12.1 Å². The van der Waals surface area contributed by atoms with Crippen LogP contribution >= 0.6 is 0 Å². The maximum atomic E-state index is 9.93. The van der Waals surface area contributed by atoms with Crippen molar-refractivity contribution in [2.75, 3.05) is 20.2 Å². The van der Waals surface area contributed by atoms with Crippen LogP contribution in [0.3, 0.4) is 0 Å². The molecule has 0 aromatic heterocycles. The van der Waals surface area contributed by atoms with Gasteiger partial charge < -0.3 is 9.84 Å². The fraction of sp³-hybridized carbons (Fsp3) is 0.647. The van der Waals surface area contributed by atoms with E-state index in [1.165, 1.54) is 49.8 Å². The first kappa shape index (κ1) is 13.7. The molecule has 0 unspecified atom stereocenters. The van der Waals surface area contributed by atoms with Crippen LogP contribution in [-0.4, -0.2) is 30.2 Å². The number of hydrogen-bond donors (Lipinski definition) is 1. The summed E-state index contributed by atoms with van der Waals surface area (Å²) >= 11 is 0. The highest BCUT2D eigenvalue weighted by Gasteiger charge is 2.22. The summed E-state index contributed by atoms with van der Waals surface area (Å²) in [5.74, 6) is 1.76. The normalized spacial score (nSPS) is 20.6. The molecule has 1 N–H and O–H groups in total. The molecule has 3 rings (SSSR count). The molecule has 0 amide bonds. The zero-order valence-corrected chi connectivity index (χ0v) is 12.4. The van der Waals surface area contributed by atoms with E-state index < -0.39 is 0 Å². The summed E-state index contributed by atoms with van der Waals surface area (Å²) in [7, 11) is 1.61. The SMILES string of the molecule is COc1cc2c(cc1O)CN(CC1CCCCC1)CC2. The minimum Gasteiger partial charge on any atom is -0.504 e. The summed E-state index contributed by atoms with van der Waals surface area (Å²) in [6.07, 6.45) is 8.11. The summed E-state index contributed by atoms with van der Waals surface area (Å²) in [6, 6.07) is 3.89. The molecule has 3 nitrogen and oxygen atoms in total. The van der Waals surface area contributed by atoms with Gasteiger partial charge >= 0.3 is 0 Å². The van der Waals surface area contributed by atoms with Gasteiger partial charge in [0.15, 0.2) is 11.5 Å². The Morgan fingerprint density at radius 1 is 1.20 bits per heavy atom. The largest absolute Gasteiger partial charge is 0.504 e. The molecule has 20 heavy (non-hydrogen) atoms. The third kappa shape index (κ3) is 2.93. The van der Waals surface area contributed by atoms with Gasteiger partial charge in [-0.25, -0.2) is 0 Å². The highest BCUT2D eigenvalue weighted by atomic mass is 16.5. The summed E-state index contributed by atoms with van der Waals surface area (Å²) in [5, 5.41) is 9.93. The van der Waals surface area contributed by atoms with Crippen molar-refractivity contribution in [3.8, 4) is 11.5 Å². The van der Waals surface area contributed by atoms with E-state index in [0.29, 0.717) is 5.75 Å². The lowest BCUT2D eigenvalue weighted by Gasteiger charge is -2.33. The van der Waals surface area contributed by atoms with Crippen molar-refractivity contribution >= 4 is 0 Å². The molecule has 1 aromatic carbocycles. The molecule has 3 heteroatoms.